The molecular weight excluding hydrogens is 378 g/mol. The van der Waals surface area contributed by atoms with Crippen molar-refractivity contribution >= 4 is 33.8 Å². The highest BCUT2D eigenvalue weighted by atomic mass is 32.2. The van der Waals surface area contributed by atoms with Gasteiger partial charge in [-0.25, -0.2) is 13.1 Å². The molecule has 3 aromatic rings. The van der Waals surface area contributed by atoms with Gasteiger partial charge < -0.3 is 9.67 Å². The van der Waals surface area contributed by atoms with Gasteiger partial charge in [-0.15, -0.1) is 0 Å². The van der Waals surface area contributed by atoms with Crippen molar-refractivity contribution < 1.29 is 13.9 Å². The molecule has 4 rings (SSSR count). The molecule has 6 heteroatoms. The van der Waals surface area contributed by atoms with Gasteiger partial charge in [0.25, 0.3) is 0 Å². The predicted octanol–water partition coefficient (Wildman–Crippen LogP) is 5.20. The molecule has 1 N–H and O–H groups in total. The minimum absolute atomic E-state index is 0.347. The van der Waals surface area contributed by atoms with Crippen LogP contribution in [0.15, 0.2) is 36.4 Å². The van der Waals surface area contributed by atoms with Crippen molar-refractivity contribution in [2.45, 2.75) is 44.9 Å². The third-order valence-corrected chi connectivity index (χ3v) is 6.88. The average molecular weight is 405 g/mol. The van der Waals surface area contributed by atoms with E-state index >= 15 is 0 Å². The average Bonchev–Trinajstić information content (AvgIpc) is 3.21. The molecule has 1 heterocycles. The Bertz CT molecular complexity index is 930. The fourth-order valence-electron chi connectivity index (χ4n) is 4.62. The van der Waals surface area contributed by atoms with Gasteiger partial charge in [-0.1, -0.05) is 25.3 Å². The zero-order chi connectivity index (χ0) is 19.8. The van der Waals surface area contributed by atoms with Crippen molar-refractivity contribution in [2.24, 2.45) is 5.92 Å². The Morgan fingerprint density at radius 1 is 1.11 bits per heavy atom. The summed E-state index contributed by atoms with van der Waals surface area (Å²) < 4.78 is 31.9. The molecule has 1 aromatic heterocycles. The maximum absolute atomic E-state index is 13.8. The van der Waals surface area contributed by atoms with Crippen LogP contribution in [0.3, 0.4) is 0 Å². The first-order chi connectivity index (χ1) is 13.5. The van der Waals surface area contributed by atoms with Gasteiger partial charge in [0.05, 0.1) is 12.6 Å². The molecule has 3 nitrogen and oxygen atoms in total. The minimum atomic E-state index is -0.575. The van der Waals surface area contributed by atoms with Crippen molar-refractivity contribution in [1.29, 1.82) is 0 Å². The zero-order valence-electron chi connectivity index (χ0n) is 16.2. The monoisotopic (exact) mass is 404 g/mol. The zero-order valence-corrected chi connectivity index (χ0v) is 17.1. The summed E-state index contributed by atoms with van der Waals surface area (Å²) in [7, 11) is 0. The van der Waals surface area contributed by atoms with Crippen LogP contribution in [0.5, 0.6) is 0 Å². The number of aliphatic hydroxyl groups is 1. The van der Waals surface area contributed by atoms with Crippen molar-refractivity contribution in [2.75, 3.05) is 12.8 Å². The molecule has 28 heavy (non-hydrogen) atoms. The summed E-state index contributed by atoms with van der Waals surface area (Å²) in [6, 6.07) is 9.61. The van der Waals surface area contributed by atoms with Gasteiger partial charge in [-0.3, -0.25) is 0 Å². The Morgan fingerprint density at radius 2 is 1.71 bits per heavy atom. The summed E-state index contributed by atoms with van der Waals surface area (Å²) in [4.78, 5) is 0. The number of hydrogen-bond donors (Lipinski definition) is 1. The third-order valence-electron chi connectivity index (χ3n) is 5.99. The first-order valence-corrected chi connectivity index (χ1v) is 11.0. The number of rotatable bonds is 6. The van der Waals surface area contributed by atoms with E-state index in [1.807, 2.05) is 4.57 Å². The number of hydrogen-bond acceptors (Lipinski definition) is 3. The highest BCUT2D eigenvalue weighted by Crippen LogP contribution is 2.33. The van der Waals surface area contributed by atoms with Crippen LogP contribution in [0.2, 0.25) is 0 Å². The largest absolute Gasteiger partial charge is 0.390 e. The molecule has 150 valence electrons. The highest BCUT2D eigenvalue weighted by Gasteiger charge is 2.30. The normalized spacial score (nSPS) is 21.2. The summed E-state index contributed by atoms with van der Waals surface area (Å²) in [5.74, 6) is -0.0564. The Hall–Kier alpha value is -1.63. The van der Waals surface area contributed by atoms with Crippen molar-refractivity contribution in [3.63, 3.8) is 0 Å². The van der Waals surface area contributed by atoms with Crippen LogP contribution in [0.4, 0.5) is 8.78 Å². The SMILES string of the molecule is CSN(CC(O)Cn1c2ccc(F)cc2c2cc(F)ccc21)C1CCCC1C. The lowest BCUT2D eigenvalue weighted by Gasteiger charge is -2.31. The van der Waals surface area contributed by atoms with Gasteiger partial charge >= 0.3 is 0 Å². The molecule has 0 saturated heterocycles. The second-order valence-corrected chi connectivity index (χ2v) is 8.68. The highest BCUT2D eigenvalue weighted by molar-refractivity contribution is 7.96. The number of halogens is 2. The molecular formula is C22H26F2N2OS. The van der Waals surface area contributed by atoms with Crippen molar-refractivity contribution in [1.82, 2.24) is 8.87 Å². The molecule has 1 aliphatic carbocycles. The van der Waals surface area contributed by atoms with Gasteiger partial charge in [-0.2, -0.15) is 0 Å². The van der Waals surface area contributed by atoms with Crippen molar-refractivity contribution in [3.8, 4) is 0 Å². The van der Waals surface area contributed by atoms with Crippen LogP contribution in [-0.2, 0) is 6.54 Å². The number of aromatic nitrogens is 1. The van der Waals surface area contributed by atoms with Gasteiger partial charge in [0.15, 0.2) is 0 Å². The Labute approximate surface area is 168 Å². The van der Waals surface area contributed by atoms with E-state index in [9.17, 15) is 13.9 Å². The van der Waals surface area contributed by atoms with Crippen LogP contribution in [0.1, 0.15) is 26.2 Å². The first kappa shape index (κ1) is 19.7. The van der Waals surface area contributed by atoms with Gasteiger partial charge in [0, 0.05) is 34.4 Å². The summed E-state index contributed by atoms with van der Waals surface area (Å²) >= 11 is 1.69. The Balaban J connectivity index is 1.64. The second-order valence-electron chi connectivity index (χ2n) is 7.85. The lowest BCUT2D eigenvalue weighted by molar-refractivity contribution is 0.117. The van der Waals surface area contributed by atoms with E-state index in [4.69, 9.17) is 0 Å². The molecule has 1 saturated carbocycles. The van der Waals surface area contributed by atoms with Crippen LogP contribution in [0, 0.1) is 17.6 Å². The Morgan fingerprint density at radius 3 is 2.21 bits per heavy atom. The van der Waals surface area contributed by atoms with E-state index in [1.165, 1.54) is 43.5 Å². The molecule has 0 amide bonds. The second kappa shape index (κ2) is 8.01. The predicted molar refractivity (Wildman–Crippen MR) is 112 cm³/mol. The molecule has 1 aliphatic rings. The molecule has 0 bridgehead atoms. The van der Waals surface area contributed by atoms with E-state index in [2.05, 4.69) is 17.5 Å². The van der Waals surface area contributed by atoms with Gasteiger partial charge in [-0.05, 0) is 61.4 Å². The van der Waals surface area contributed by atoms with E-state index in [0.29, 0.717) is 35.8 Å². The number of aliphatic hydroxyl groups excluding tert-OH is 1. The van der Waals surface area contributed by atoms with E-state index in [-0.39, 0.29) is 11.6 Å². The summed E-state index contributed by atoms with van der Waals surface area (Å²) in [6.07, 6.45) is 5.13. The van der Waals surface area contributed by atoms with Crippen molar-refractivity contribution in [3.05, 3.63) is 48.0 Å². The molecule has 0 spiro atoms. The van der Waals surface area contributed by atoms with E-state index in [0.717, 1.165) is 11.0 Å². The minimum Gasteiger partial charge on any atom is -0.390 e. The fraction of sp³-hybridized carbons (Fsp3) is 0.455. The molecule has 3 atom stereocenters. The topological polar surface area (TPSA) is 28.4 Å². The van der Waals surface area contributed by atoms with E-state index in [1.54, 1.807) is 24.1 Å². The Kier molecular flexibility index (Phi) is 5.63. The fourth-order valence-corrected chi connectivity index (χ4v) is 5.53. The smallest absolute Gasteiger partial charge is 0.123 e. The maximum atomic E-state index is 13.8. The third kappa shape index (κ3) is 3.65. The van der Waals surface area contributed by atoms with Crippen LogP contribution in [-0.4, -0.2) is 38.9 Å². The summed E-state index contributed by atoms with van der Waals surface area (Å²) in [6.45, 7) is 3.23. The summed E-state index contributed by atoms with van der Waals surface area (Å²) in [5, 5.41) is 12.2. The molecule has 0 aliphatic heterocycles. The number of benzene rings is 2. The first-order valence-electron chi connectivity index (χ1n) is 9.83. The van der Waals surface area contributed by atoms with Gasteiger partial charge in [0.2, 0.25) is 0 Å². The quantitative estimate of drug-likeness (QED) is 0.572. The van der Waals surface area contributed by atoms with Gasteiger partial charge in [0.1, 0.15) is 11.6 Å². The molecule has 0 radical (unpaired) electrons. The molecule has 1 fully saturated rings. The lowest BCUT2D eigenvalue weighted by atomic mass is 10.1. The lowest BCUT2D eigenvalue weighted by Crippen LogP contribution is -2.38. The molecule has 2 aromatic carbocycles. The standard InChI is InChI=1S/C22H26F2N2OS/c1-14-4-3-5-20(14)26(28-2)13-17(27)12-25-21-8-6-15(23)10-18(21)19-11-16(24)7-9-22(19)25/h6-11,14,17,20,27H,3-5,12-13H2,1-2H3. The maximum Gasteiger partial charge on any atom is 0.123 e. The van der Waals surface area contributed by atoms with Crippen LogP contribution < -0.4 is 0 Å². The molecule has 3 unspecified atom stereocenters. The number of nitrogens with zero attached hydrogens (tertiary/aromatic N) is 2. The van der Waals surface area contributed by atoms with Crippen LogP contribution >= 0.6 is 11.9 Å². The van der Waals surface area contributed by atoms with E-state index < -0.39 is 6.10 Å². The number of fused-ring (bicyclic) bond motifs is 3. The van der Waals surface area contributed by atoms with Crippen LogP contribution in [0.25, 0.3) is 21.8 Å². The summed E-state index contributed by atoms with van der Waals surface area (Å²) in [5.41, 5.74) is 1.62.